The Labute approximate surface area is 192 Å². The monoisotopic (exact) mass is 426 g/mol. The molecular formula is C30H50O. The molecule has 5 rings (SSSR count). The van der Waals surface area contributed by atoms with Crippen molar-refractivity contribution >= 4 is 5.78 Å². The van der Waals surface area contributed by atoms with Crippen LogP contribution in [0.2, 0.25) is 0 Å². The molecule has 0 aromatic carbocycles. The first-order valence-corrected chi connectivity index (χ1v) is 14.6. The predicted molar refractivity (Wildman–Crippen MR) is 130 cm³/mol. The molecule has 0 aliphatic heterocycles. The van der Waals surface area contributed by atoms with E-state index >= 15 is 0 Å². The zero-order chi connectivity index (χ0) is 21.5. The van der Waals surface area contributed by atoms with E-state index in [9.17, 15) is 4.79 Å². The summed E-state index contributed by atoms with van der Waals surface area (Å²) in [6.07, 6.45) is 26.4. The number of carbonyl (C=O) groups excluding carboxylic acids is 1. The molecule has 0 bridgehead atoms. The lowest BCUT2D eigenvalue weighted by molar-refractivity contribution is -0.170. The molecule has 0 saturated heterocycles. The molecule has 0 aromatic heterocycles. The SMILES string of the molecule is CCC1CCC(C2CCC3(CC2)CC2(CCC(C4CCC(CC)CC4)CC2)C3=O)CC1. The van der Waals surface area contributed by atoms with E-state index in [0.717, 1.165) is 41.3 Å². The molecule has 1 nitrogen and oxygen atoms in total. The zero-order valence-electron chi connectivity index (χ0n) is 20.8. The van der Waals surface area contributed by atoms with Gasteiger partial charge in [0.1, 0.15) is 5.78 Å². The van der Waals surface area contributed by atoms with Crippen LogP contribution in [-0.4, -0.2) is 5.78 Å². The molecule has 5 aliphatic carbocycles. The van der Waals surface area contributed by atoms with Crippen molar-refractivity contribution in [3.63, 3.8) is 0 Å². The number of ketones is 1. The first-order valence-electron chi connectivity index (χ1n) is 14.6. The van der Waals surface area contributed by atoms with Gasteiger partial charge in [0.15, 0.2) is 0 Å². The van der Waals surface area contributed by atoms with Crippen molar-refractivity contribution < 1.29 is 4.79 Å². The van der Waals surface area contributed by atoms with Gasteiger partial charge in [-0.25, -0.2) is 0 Å². The molecule has 0 radical (unpaired) electrons. The summed E-state index contributed by atoms with van der Waals surface area (Å²) in [5, 5.41) is 0. The van der Waals surface area contributed by atoms with Gasteiger partial charge in [-0.3, -0.25) is 4.79 Å². The molecule has 0 N–H and O–H groups in total. The van der Waals surface area contributed by atoms with Crippen molar-refractivity contribution in [1.82, 2.24) is 0 Å². The van der Waals surface area contributed by atoms with E-state index in [1.807, 2.05) is 0 Å². The van der Waals surface area contributed by atoms with Gasteiger partial charge in [0.05, 0.1) is 0 Å². The van der Waals surface area contributed by atoms with Crippen molar-refractivity contribution in [2.45, 2.75) is 136 Å². The Morgan fingerprint density at radius 1 is 0.548 bits per heavy atom. The highest BCUT2D eigenvalue weighted by atomic mass is 16.1. The van der Waals surface area contributed by atoms with E-state index in [1.54, 1.807) is 0 Å². The van der Waals surface area contributed by atoms with E-state index in [-0.39, 0.29) is 10.8 Å². The molecule has 5 fully saturated rings. The third kappa shape index (κ3) is 4.19. The number of rotatable bonds is 4. The van der Waals surface area contributed by atoms with E-state index in [1.165, 1.54) is 122 Å². The van der Waals surface area contributed by atoms with Crippen LogP contribution >= 0.6 is 0 Å². The van der Waals surface area contributed by atoms with Crippen LogP contribution in [0, 0.1) is 46.3 Å². The lowest BCUT2D eigenvalue weighted by Crippen LogP contribution is -2.60. The van der Waals surface area contributed by atoms with Gasteiger partial charge in [0.25, 0.3) is 0 Å². The average Bonchev–Trinajstić information content (AvgIpc) is 2.85. The third-order valence-corrected chi connectivity index (χ3v) is 11.9. The van der Waals surface area contributed by atoms with Crippen LogP contribution in [-0.2, 0) is 4.79 Å². The number of carbonyl (C=O) groups is 1. The van der Waals surface area contributed by atoms with Gasteiger partial charge in [-0.05, 0) is 119 Å². The van der Waals surface area contributed by atoms with Crippen LogP contribution in [0.4, 0.5) is 0 Å². The van der Waals surface area contributed by atoms with Crippen LogP contribution < -0.4 is 0 Å². The summed E-state index contributed by atoms with van der Waals surface area (Å²) in [5.41, 5.74) is 0.284. The summed E-state index contributed by atoms with van der Waals surface area (Å²) in [5.74, 6) is 6.64. The number of Topliss-reactive ketones (excluding diaryl/α,β-unsaturated/α-hetero) is 1. The van der Waals surface area contributed by atoms with Gasteiger partial charge >= 0.3 is 0 Å². The third-order valence-electron chi connectivity index (χ3n) is 11.9. The van der Waals surface area contributed by atoms with E-state index in [2.05, 4.69) is 13.8 Å². The highest BCUT2D eigenvalue weighted by Gasteiger charge is 2.63. The second-order valence-corrected chi connectivity index (χ2v) is 13.1. The van der Waals surface area contributed by atoms with Crippen molar-refractivity contribution in [1.29, 1.82) is 0 Å². The maximum Gasteiger partial charge on any atom is 0.145 e. The Morgan fingerprint density at radius 2 is 0.871 bits per heavy atom. The van der Waals surface area contributed by atoms with Crippen LogP contribution in [0.15, 0.2) is 0 Å². The summed E-state index contributed by atoms with van der Waals surface area (Å²) < 4.78 is 0. The highest BCUT2D eigenvalue weighted by Crippen LogP contribution is 2.65. The first-order chi connectivity index (χ1) is 15.1. The topological polar surface area (TPSA) is 17.1 Å². The number of hydrogen-bond donors (Lipinski definition) is 0. The zero-order valence-corrected chi connectivity index (χ0v) is 20.8. The summed E-state index contributed by atoms with van der Waals surface area (Å²) >= 11 is 0. The van der Waals surface area contributed by atoms with Crippen LogP contribution in [0.3, 0.4) is 0 Å². The minimum atomic E-state index is 0.142. The van der Waals surface area contributed by atoms with Crippen LogP contribution in [0.25, 0.3) is 0 Å². The Kier molecular flexibility index (Phi) is 6.62. The maximum absolute atomic E-state index is 13.6. The highest BCUT2D eigenvalue weighted by molar-refractivity contribution is 5.96. The van der Waals surface area contributed by atoms with Gasteiger partial charge in [0, 0.05) is 10.8 Å². The van der Waals surface area contributed by atoms with Gasteiger partial charge in [-0.15, -0.1) is 0 Å². The molecule has 0 atom stereocenters. The molecule has 0 heterocycles. The molecule has 0 aromatic rings. The van der Waals surface area contributed by atoms with Gasteiger partial charge in [-0.1, -0.05) is 52.4 Å². The summed E-state index contributed by atoms with van der Waals surface area (Å²) in [7, 11) is 0. The van der Waals surface area contributed by atoms with Crippen LogP contribution in [0.5, 0.6) is 0 Å². The predicted octanol–water partition coefficient (Wildman–Crippen LogP) is 8.75. The van der Waals surface area contributed by atoms with Crippen molar-refractivity contribution in [3.8, 4) is 0 Å². The number of hydrogen-bond acceptors (Lipinski definition) is 1. The van der Waals surface area contributed by atoms with E-state index < -0.39 is 0 Å². The Bertz CT molecular complexity index is 550. The lowest BCUT2D eigenvalue weighted by Gasteiger charge is -2.60. The molecule has 5 aliphatic rings. The summed E-state index contributed by atoms with van der Waals surface area (Å²) in [6, 6.07) is 0. The fourth-order valence-corrected chi connectivity index (χ4v) is 9.54. The summed E-state index contributed by atoms with van der Waals surface area (Å²) in [6.45, 7) is 4.75. The largest absolute Gasteiger partial charge is 0.298 e. The smallest absolute Gasteiger partial charge is 0.145 e. The second-order valence-electron chi connectivity index (χ2n) is 13.1. The van der Waals surface area contributed by atoms with Crippen LogP contribution in [0.1, 0.15) is 136 Å². The fraction of sp³-hybridized carbons (Fsp3) is 0.967. The molecule has 2 spiro atoms. The van der Waals surface area contributed by atoms with Gasteiger partial charge in [-0.2, -0.15) is 0 Å². The summed E-state index contributed by atoms with van der Waals surface area (Å²) in [4.78, 5) is 13.6. The van der Waals surface area contributed by atoms with Gasteiger partial charge < -0.3 is 0 Å². The lowest BCUT2D eigenvalue weighted by atomic mass is 9.42. The van der Waals surface area contributed by atoms with Crippen molar-refractivity contribution in [2.75, 3.05) is 0 Å². The molecule has 176 valence electrons. The van der Waals surface area contributed by atoms with Crippen molar-refractivity contribution in [2.24, 2.45) is 46.3 Å². The first kappa shape index (κ1) is 22.5. The average molecular weight is 427 g/mol. The Morgan fingerprint density at radius 3 is 1.16 bits per heavy atom. The molecule has 5 saturated carbocycles. The fourth-order valence-electron chi connectivity index (χ4n) is 9.54. The minimum Gasteiger partial charge on any atom is -0.298 e. The standard InChI is InChI=1S/C30H50O/c1-3-22-5-9-24(10-6-22)26-13-17-29(18-14-26)21-30(28(29)31)19-15-27(16-20-30)25-11-7-23(4-2)8-12-25/h22-27H,3-21H2,1-2H3. The normalized spacial score (nSPS) is 48.6. The molecular weight excluding hydrogens is 376 g/mol. The molecule has 0 unspecified atom stereocenters. The molecule has 0 amide bonds. The van der Waals surface area contributed by atoms with E-state index in [0.29, 0.717) is 0 Å². The molecule has 1 heteroatoms. The molecule has 31 heavy (non-hydrogen) atoms. The second kappa shape index (κ2) is 9.13. The Balaban J connectivity index is 1.09. The van der Waals surface area contributed by atoms with Crippen molar-refractivity contribution in [3.05, 3.63) is 0 Å². The quantitative estimate of drug-likeness (QED) is 0.439. The van der Waals surface area contributed by atoms with E-state index in [4.69, 9.17) is 0 Å². The minimum absolute atomic E-state index is 0.142. The maximum atomic E-state index is 13.6. The Hall–Kier alpha value is -0.330. The van der Waals surface area contributed by atoms with Gasteiger partial charge in [0.2, 0.25) is 0 Å².